The van der Waals surface area contributed by atoms with Gasteiger partial charge in [-0.2, -0.15) is 0 Å². The number of anilines is 2. The van der Waals surface area contributed by atoms with Gasteiger partial charge in [0.05, 0.1) is 5.52 Å². The molecule has 1 aromatic heterocycles. The maximum atomic E-state index is 4.84. The van der Waals surface area contributed by atoms with Crippen molar-refractivity contribution in [2.24, 2.45) is 11.8 Å². The van der Waals surface area contributed by atoms with E-state index in [1.807, 2.05) is 18.2 Å². The summed E-state index contributed by atoms with van der Waals surface area (Å²) in [7, 11) is 0. The molecule has 2 aromatic carbocycles. The topological polar surface area (TPSA) is 41.1 Å². The smallest absolute Gasteiger partial charge is 0.141 e. The van der Waals surface area contributed by atoms with E-state index in [9.17, 15) is 0 Å². The maximum absolute atomic E-state index is 4.84. The van der Waals surface area contributed by atoms with Crippen molar-refractivity contribution in [1.82, 2.24) is 14.9 Å². The monoisotopic (exact) mass is 398 g/mol. The van der Waals surface area contributed by atoms with Crippen LogP contribution in [0.2, 0.25) is 0 Å². The quantitative estimate of drug-likeness (QED) is 0.647. The molecule has 1 N–H and O–H groups in total. The van der Waals surface area contributed by atoms with Gasteiger partial charge in [0.15, 0.2) is 0 Å². The average molecular weight is 399 g/mol. The van der Waals surface area contributed by atoms with Crippen LogP contribution in [0.3, 0.4) is 0 Å². The molecule has 4 nitrogen and oxygen atoms in total. The molecule has 30 heavy (non-hydrogen) atoms. The first kappa shape index (κ1) is 18.3. The lowest BCUT2D eigenvalue weighted by molar-refractivity contribution is 0.0291. The third-order valence-corrected chi connectivity index (χ3v) is 8.09. The summed E-state index contributed by atoms with van der Waals surface area (Å²) in [4.78, 5) is 12.2. The van der Waals surface area contributed by atoms with Gasteiger partial charge in [-0.3, -0.25) is 4.90 Å². The van der Waals surface area contributed by atoms with Crippen LogP contribution in [-0.2, 0) is 11.8 Å². The SMILES string of the molecule is C[C@H]1[C@H]2Cc3ccc4c(Nc5ccccc5)ncnc4c3[C@]1(C)CCN2CC1CC1. The summed E-state index contributed by atoms with van der Waals surface area (Å²) >= 11 is 0. The molecule has 2 aliphatic carbocycles. The Labute approximate surface area is 178 Å². The van der Waals surface area contributed by atoms with Crippen LogP contribution in [0, 0.1) is 11.8 Å². The van der Waals surface area contributed by atoms with Crippen LogP contribution in [0.15, 0.2) is 48.8 Å². The molecule has 6 rings (SSSR count). The number of likely N-dealkylation sites (tertiary alicyclic amines) is 1. The predicted molar refractivity (Wildman–Crippen MR) is 122 cm³/mol. The minimum Gasteiger partial charge on any atom is -0.340 e. The summed E-state index contributed by atoms with van der Waals surface area (Å²) in [6.07, 6.45) is 6.97. The highest BCUT2D eigenvalue weighted by molar-refractivity contribution is 5.94. The number of fused-ring (bicyclic) bond motifs is 6. The van der Waals surface area contributed by atoms with Gasteiger partial charge in [-0.25, -0.2) is 9.97 Å². The molecule has 0 spiro atoms. The van der Waals surface area contributed by atoms with Crippen LogP contribution in [0.5, 0.6) is 0 Å². The van der Waals surface area contributed by atoms with Crippen LogP contribution in [-0.4, -0.2) is 34.0 Å². The Kier molecular flexibility index (Phi) is 4.14. The maximum Gasteiger partial charge on any atom is 0.141 e. The molecule has 0 radical (unpaired) electrons. The van der Waals surface area contributed by atoms with Gasteiger partial charge in [-0.15, -0.1) is 0 Å². The summed E-state index contributed by atoms with van der Waals surface area (Å²) in [5.41, 5.74) is 5.36. The number of nitrogens with zero attached hydrogens (tertiary/aromatic N) is 3. The Morgan fingerprint density at radius 2 is 1.93 bits per heavy atom. The minimum absolute atomic E-state index is 0.177. The number of hydrogen-bond acceptors (Lipinski definition) is 4. The number of benzene rings is 2. The molecule has 3 aromatic rings. The van der Waals surface area contributed by atoms with Crippen molar-refractivity contribution in [2.75, 3.05) is 18.4 Å². The van der Waals surface area contributed by atoms with Crippen molar-refractivity contribution >= 4 is 22.4 Å². The number of para-hydroxylation sites is 1. The molecule has 1 saturated carbocycles. The van der Waals surface area contributed by atoms with Gasteiger partial charge in [-0.05, 0) is 73.4 Å². The van der Waals surface area contributed by atoms with Crippen molar-refractivity contribution in [3.63, 3.8) is 0 Å². The van der Waals surface area contributed by atoms with Crippen molar-refractivity contribution < 1.29 is 0 Å². The molecule has 1 aliphatic heterocycles. The van der Waals surface area contributed by atoms with E-state index >= 15 is 0 Å². The first-order valence-electron chi connectivity index (χ1n) is 11.5. The lowest BCUT2D eigenvalue weighted by Crippen LogP contribution is -2.58. The van der Waals surface area contributed by atoms with E-state index in [4.69, 9.17) is 4.98 Å². The van der Waals surface area contributed by atoms with E-state index in [-0.39, 0.29) is 5.41 Å². The molecule has 2 fully saturated rings. The Morgan fingerprint density at radius 1 is 1.10 bits per heavy atom. The van der Waals surface area contributed by atoms with E-state index in [1.54, 1.807) is 6.33 Å². The van der Waals surface area contributed by atoms with E-state index < -0.39 is 0 Å². The number of nitrogens with one attached hydrogen (secondary N) is 1. The van der Waals surface area contributed by atoms with Gasteiger partial charge in [0.1, 0.15) is 12.1 Å². The average Bonchev–Trinajstić information content (AvgIpc) is 3.57. The number of aromatic nitrogens is 2. The fourth-order valence-electron chi connectivity index (χ4n) is 5.99. The number of rotatable bonds is 4. The first-order chi connectivity index (χ1) is 14.6. The van der Waals surface area contributed by atoms with E-state index in [2.05, 4.69) is 53.3 Å². The third kappa shape index (κ3) is 2.84. The molecule has 0 amide bonds. The fourth-order valence-corrected chi connectivity index (χ4v) is 5.99. The Balaban J connectivity index is 1.44. The van der Waals surface area contributed by atoms with Crippen molar-refractivity contribution in [3.05, 3.63) is 59.9 Å². The molecular weight excluding hydrogens is 368 g/mol. The zero-order chi connectivity index (χ0) is 20.3. The second-order valence-corrected chi connectivity index (χ2v) is 9.88. The van der Waals surface area contributed by atoms with Gasteiger partial charge in [0, 0.05) is 29.1 Å². The number of piperidine rings is 1. The largest absolute Gasteiger partial charge is 0.340 e. The predicted octanol–water partition coefficient (Wildman–Crippen LogP) is 5.31. The van der Waals surface area contributed by atoms with Crippen LogP contribution >= 0.6 is 0 Å². The lowest BCUT2D eigenvalue weighted by Gasteiger charge is -2.55. The van der Waals surface area contributed by atoms with Gasteiger partial charge >= 0.3 is 0 Å². The highest BCUT2D eigenvalue weighted by atomic mass is 15.2. The molecule has 2 heterocycles. The molecule has 3 aliphatic rings. The van der Waals surface area contributed by atoms with Crippen LogP contribution in [0.1, 0.15) is 44.2 Å². The summed E-state index contributed by atoms with van der Waals surface area (Å²) in [5, 5.41) is 4.64. The standard InChI is InChI=1S/C26H30N4/c1-17-22-14-19-10-11-21-24(27-16-28-25(21)29-20-6-4-3-5-7-20)23(19)26(17,2)12-13-30(22)15-18-8-9-18/h3-7,10-11,16-18,22H,8-9,12-15H2,1-2H3,(H,27,28,29)/t17-,22+,26+/m0/s1. The lowest BCUT2D eigenvalue weighted by atomic mass is 9.58. The fraction of sp³-hybridized carbons (Fsp3) is 0.462. The van der Waals surface area contributed by atoms with Crippen molar-refractivity contribution in [1.29, 1.82) is 0 Å². The molecule has 1 saturated heterocycles. The van der Waals surface area contributed by atoms with Gasteiger partial charge in [-0.1, -0.05) is 38.1 Å². The molecule has 4 heteroatoms. The summed E-state index contributed by atoms with van der Waals surface area (Å²) in [6, 6.07) is 15.5. The van der Waals surface area contributed by atoms with Crippen molar-refractivity contribution in [2.45, 2.75) is 51.0 Å². The highest BCUT2D eigenvalue weighted by Gasteiger charge is 2.50. The minimum atomic E-state index is 0.177. The van der Waals surface area contributed by atoms with Gasteiger partial charge < -0.3 is 5.32 Å². The molecule has 0 unspecified atom stereocenters. The van der Waals surface area contributed by atoms with Gasteiger partial charge in [0.25, 0.3) is 0 Å². The van der Waals surface area contributed by atoms with Crippen LogP contribution < -0.4 is 5.32 Å². The highest BCUT2D eigenvalue weighted by Crippen LogP contribution is 2.51. The van der Waals surface area contributed by atoms with E-state index in [1.165, 1.54) is 43.5 Å². The normalized spacial score (nSPS) is 28.3. The first-order valence-corrected chi connectivity index (χ1v) is 11.5. The Morgan fingerprint density at radius 3 is 2.73 bits per heavy atom. The Bertz CT molecular complexity index is 1090. The zero-order valence-corrected chi connectivity index (χ0v) is 17.9. The second-order valence-electron chi connectivity index (χ2n) is 9.88. The van der Waals surface area contributed by atoms with E-state index in [0.29, 0.717) is 12.0 Å². The summed E-state index contributed by atoms with van der Waals surface area (Å²) in [5.74, 6) is 2.50. The summed E-state index contributed by atoms with van der Waals surface area (Å²) < 4.78 is 0. The molecule has 2 bridgehead atoms. The number of hydrogen-bond donors (Lipinski definition) is 1. The van der Waals surface area contributed by atoms with Gasteiger partial charge in [0.2, 0.25) is 0 Å². The zero-order valence-electron chi connectivity index (χ0n) is 17.9. The molecule has 3 atom stereocenters. The van der Waals surface area contributed by atoms with Crippen LogP contribution in [0.25, 0.3) is 10.9 Å². The summed E-state index contributed by atoms with van der Waals surface area (Å²) in [6.45, 7) is 7.50. The molecule has 154 valence electrons. The van der Waals surface area contributed by atoms with Crippen molar-refractivity contribution in [3.8, 4) is 0 Å². The Hall–Kier alpha value is -2.46. The van der Waals surface area contributed by atoms with E-state index in [0.717, 1.165) is 34.7 Å². The molecular formula is C26H30N4. The second kappa shape index (κ2) is 6.78. The van der Waals surface area contributed by atoms with Crippen LogP contribution in [0.4, 0.5) is 11.5 Å². The third-order valence-electron chi connectivity index (χ3n) is 8.09.